The number of anilines is 1. The largest absolute Gasteiger partial charge is 0.373 e. The maximum atomic E-state index is 11.1. The third kappa shape index (κ3) is 3.08. The average molecular weight is 289 g/mol. The molecule has 0 saturated carbocycles. The Morgan fingerprint density at radius 1 is 1.25 bits per heavy atom. The van der Waals surface area contributed by atoms with Gasteiger partial charge in [0.05, 0.1) is 4.92 Å². The molecule has 0 bridgehead atoms. The van der Waals surface area contributed by atoms with E-state index < -0.39 is 4.92 Å². The average Bonchev–Trinajstić information content (AvgIpc) is 2.42. The van der Waals surface area contributed by atoms with E-state index in [-0.39, 0.29) is 5.69 Å². The zero-order valence-electron chi connectivity index (χ0n) is 11.5. The summed E-state index contributed by atoms with van der Waals surface area (Å²) in [6, 6.07) is 9.12. The summed E-state index contributed by atoms with van der Waals surface area (Å²) in [6.45, 7) is 3.98. The minimum absolute atomic E-state index is 0.0231. The molecule has 1 aromatic heterocycles. The highest BCUT2D eigenvalue weighted by Crippen LogP contribution is 2.36. The second-order valence-corrected chi connectivity index (χ2v) is 5.43. The fourth-order valence-corrected chi connectivity index (χ4v) is 2.78. The zero-order chi connectivity index (χ0) is 14.7. The van der Waals surface area contributed by atoms with Crippen LogP contribution >= 0.6 is 11.8 Å². The molecule has 0 spiro atoms. The number of benzene rings is 1. The Labute approximate surface area is 121 Å². The normalized spacial score (nSPS) is 10.3. The van der Waals surface area contributed by atoms with Crippen molar-refractivity contribution in [3.63, 3.8) is 0 Å². The highest BCUT2D eigenvalue weighted by atomic mass is 32.2. The number of aryl methyl sites for hydroxylation is 2. The summed E-state index contributed by atoms with van der Waals surface area (Å²) in [7, 11) is 1.74. The second-order valence-electron chi connectivity index (χ2n) is 4.40. The molecule has 0 fully saturated rings. The molecule has 0 amide bonds. The molecule has 1 aromatic carbocycles. The summed E-state index contributed by atoms with van der Waals surface area (Å²) in [6.07, 6.45) is 0. The van der Waals surface area contributed by atoms with Crippen molar-refractivity contribution < 1.29 is 4.92 Å². The van der Waals surface area contributed by atoms with Crippen molar-refractivity contribution in [1.29, 1.82) is 0 Å². The van der Waals surface area contributed by atoms with Crippen LogP contribution in [0.25, 0.3) is 0 Å². The quantitative estimate of drug-likeness (QED) is 0.685. The highest BCUT2D eigenvalue weighted by molar-refractivity contribution is 7.99. The first-order valence-electron chi connectivity index (χ1n) is 6.09. The van der Waals surface area contributed by atoms with E-state index >= 15 is 0 Å². The summed E-state index contributed by atoms with van der Waals surface area (Å²) in [5, 5.41) is 14.4. The number of hydrogen-bond donors (Lipinski definition) is 1. The van der Waals surface area contributed by atoms with Crippen LogP contribution in [0.2, 0.25) is 0 Å². The number of nitrogens with zero attached hydrogens (tertiary/aromatic N) is 2. The second kappa shape index (κ2) is 5.92. The van der Waals surface area contributed by atoms with Crippen molar-refractivity contribution in [2.24, 2.45) is 0 Å². The van der Waals surface area contributed by atoms with Crippen LogP contribution in [0.1, 0.15) is 11.1 Å². The van der Waals surface area contributed by atoms with E-state index in [4.69, 9.17) is 0 Å². The van der Waals surface area contributed by atoms with Crippen molar-refractivity contribution in [3.8, 4) is 0 Å². The van der Waals surface area contributed by atoms with Gasteiger partial charge in [-0.1, -0.05) is 23.9 Å². The standard InChI is InChI=1S/C14H15N3O2S/c1-9-4-5-10(2)12(8-9)20-14-11(17(18)19)6-7-13(15-3)16-14/h4-8H,1-3H3,(H,15,16). The molecule has 6 heteroatoms. The first-order chi connectivity index (χ1) is 9.51. The van der Waals surface area contributed by atoms with Crippen molar-refractivity contribution in [2.75, 3.05) is 12.4 Å². The Hall–Kier alpha value is -2.08. The molecule has 1 heterocycles. The third-order valence-electron chi connectivity index (χ3n) is 2.84. The van der Waals surface area contributed by atoms with Crippen LogP contribution < -0.4 is 5.32 Å². The molecule has 0 aliphatic heterocycles. The van der Waals surface area contributed by atoms with E-state index in [1.165, 1.54) is 17.8 Å². The molecule has 5 nitrogen and oxygen atoms in total. The van der Waals surface area contributed by atoms with Crippen LogP contribution in [0.15, 0.2) is 40.3 Å². The van der Waals surface area contributed by atoms with Gasteiger partial charge in [-0.15, -0.1) is 0 Å². The molecular weight excluding hydrogens is 274 g/mol. The molecule has 0 saturated heterocycles. The number of rotatable bonds is 4. The Morgan fingerprint density at radius 3 is 2.65 bits per heavy atom. The van der Waals surface area contributed by atoms with Crippen molar-refractivity contribution in [1.82, 2.24) is 4.98 Å². The van der Waals surface area contributed by atoms with Gasteiger partial charge in [0.15, 0.2) is 5.03 Å². The van der Waals surface area contributed by atoms with E-state index in [2.05, 4.69) is 10.3 Å². The first-order valence-corrected chi connectivity index (χ1v) is 6.91. The van der Waals surface area contributed by atoms with Gasteiger partial charge >= 0.3 is 5.69 Å². The highest BCUT2D eigenvalue weighted by Gasteiger charge is 2.18. The molecule has 1 N–H and O–H groups in total. The van der Waals surface area contributed by atoms with E-state index in [0.717, 1.165) is 16.0 Å². The molecule has 0 aliphatic carbocycles. The molecule has 2 aromatic rings. The fourth-order valence-electron chi connectivity index (χ4n) is 1.71. The molecule has 104 valence electrons. The van der Waals surface area contributed by atoms with Crippen molar-refractivity contribution in [2.45, 2.75) is 23.8 Å². The smallest absolute Gasteiger partial charge is 0.301 e. The van der Waals surface area contributed by atoms with E-state index in [1.54, 1.807) is 13.1 Å². The number of hydrogen-bond acceptors (Lipinski definition) is 5. The summed E-state index contributed by atoms with van der Waals surface area (Å²) in [5.41, 5.74) is 2.21. The van der Waals surface area contributed by atoms with Gasteiger partial charge in [-0.05, 0) is 37.1 Å². The van der Waals surface area contributed by atoms with E-state index in [1.807, 2.05) is 32.0 Å². The van der Waals surface area contributed by atoms with Gasteiger partial charge in [-0.3, -0.25) is 10.1 Å². The number of nitro groups is 1. The molecule has 0 atom stereocenters. The summed E-state index contributed by atoms with van der Waals surface area (Å²) < 4.78 is 0. The summed E-state index contributed by atoms with van der Waals surface area (Å²) in [5.74, 6) is 0.614. The van der Waals surface area contributed by atoms with Gasteiger partial charge in [0.25, 0.3) is 0 Å². The Balaban J connectivity index is 2.45. The van der Waals surface area contributed by atoms with Gasteiger partial charge in [-0.25, -0.2) is 4.98 Å². The molecular formula is C14H15N3O2S. The van der Waals surface area contributed by atoms with Gasteiger partial charge in [0, 0.05) is 18.0 Å². The fraction of sp³-hybridized carbons (Fsp3) is 0.214. The SMILES string of the molecule is CNc1ccc([N+](=O)[O-])c(Sc2cc(C)ccc2C)n1. The number of nitrogens with one attached hydrogen (secondary N) is 1. The van der Waals surface area contributed by atoms with Crippen LogP contribution in [0.3, 0.4) is 0 Å². The molecule has 2 rings (SSSR count). The maximum Gasteiger partial charge on any atom is 0.301 e. The molecule has 20 heavy (non-hydrogen) atoms. The van der Waals surface area contributed by atoms with Gasteiger partial charge in [0.2, 0.25) is 0 Å². The lowest BCUT2D eigenvalue weighted by Crippen LogP contribution is -1.98. The van der Waals surface area contributed by atoms with Crippen molar-refractivity contribution >= 4 is 23.3 Å². The summed E-state index contributed by atoms with van der Waals surface area (Å²) in [4.78, 5) is 16.0. The van der Waals surface area contributed by atoms with Gasteiger partial charge in [-0.2, -0.15) is 0 Å². The lowest BCUT2D eigenvalue weighted by molar-refractivity contribution is -0.388. The van der Waals surface area contributed by atoms with Crippen LogP contribution in [0.5, 0.6) is 0 Å². The molecule has 0 aliphatic rings. The topological polar surface area (TPSA) is 68.1 Å². The molecule has 0 radical (unpaired) electrons. The van der Waals surface area contributed by atoms with E-state index in [9.17, 15) is 10.1 Å². The predicted octanol–water partition coefficient (Wildman–Crippen LogP) is 3.80. The van der Waals surface area contributed by atoms with E-state index in [0.29, 0.717) is 10.8 Å². The van der Waals surface area contributed by atoms with Gasteiger partial charge < -0.3 is 5.32 Å². The Morgan fingerprint density at radius 2 is 2.00 bits per heavy atom. The van der Waals surface area contributed by atoms with Crippen LogP contribution in [-0.2, 0) is 0 Å². The number of aromatic nitrogens is 1. The van der Waals surface area contributed by atoms with Gasteiger partial charge in [0.1, 0.15) is 5.82 Å². The minimum Gasteiger partial charge on any atom is -0.373 e. The van der Waals surface area contributed by atoms with Crippen molar-refractivity contribution in [3.05, 3.63) is 51.6 Å². The lowest BCUT2D eigenvalue weighted by atomic mass is 10.2. The Bertz CT molecular complexity index is 659. The monoisotopic (exact) mass is 289 g/mol. The predicted molar refractivity (Wildman–Crippen MR) is 80.5 cm³/mol. The summed E-state index contributed by atoms with van der Waals surface area (Å²) >= 11 is 1.32. The number of pyridine rings is 1. The third-order valence-corrected chi connectivity index (χ3v) is 4.00. The van der Waals surface area contributed by atoms with Crippen LogP contribution in [0.4, 0.5) is 11.5 Å². The maximum absolute atomic E-state index is 11.1. The Kier molecular flexibility index (Phi) is 4.24. The first kappa shape index (κ1) is 14.3. The minimum atomic E-state index is -0.403. The van der Waals surface area contributed by atoms with Crippen LogP contribution in [0, 0.1) is 24.0 Å². The van der Waals surface area contributed by atoms with Crippen LogP contribution in [-0.4, -0.2) is 17.0 Å². The molecule has 0 unspecified atom stereocenters. The lowest BCUT2D eigenvalue weighted by Gasteiger charge is -2.08. The zero-order valence-corrected chi connectivity index (χ0v) is 12.3.